The second kappa shape index (κ2) is 8.22. The second-order valence-electron chi connectivity index (χ2n) is 6.94. The highest BCUT2D eigenvalue weighted by Gasteiger charge is 2.34. The zero-order valence-electron chi connectivity index (χ0n) is 16.2. The molecule has 3 rings (SSSR count). The van der Waals surface area contributed by atoms with E-state index in [2.05, 4.69) is 0 Å². The van der Waals surface area contributed by atoms with Gasteiger partial charge in [-0.15, -0.1) is 0 Å². The van der Waals surface area contributed by atoms with Crippen LogP contribution in [0, 0.1) is 10.1 Å². The highest BCUT2D eigenvalue weighted by Crippen LogP contribution is 2.25. The van der Waals surface area contributed by atoms with Crippen molar-refractivity contribution in [2.45, 2.75) is 25.8 Å². The molecule has 0 N–H and O–H groups in total. The Labute approximate surface area is 167 Å². The van der Waals surface area contributed by atoms with Crippen molar-refractivity contribution in [2.75, 3.05) is 13.6 Å². The molecule has 1 aliphatic rings. The number of nitro benzene ring substituents is 1. The molecule has 0 aromatic heterocycles. The third-order valence-corrected chi connectivity index (χ3v) is 5.19. The minimum Gasteiger partial charge on any atom is -0.339 e. The number of hydrogen-bond acceptors (Lipinski definition) is 5. The number of benzene rings is 2. The predicted octanol–water partition coefficient (Wildman–Crippen LogP) is 3.19. The van der Waals surface area contributed by atoms with E-state index < -0.39 is 4.92 Å². The van der Waals surface area contributed by atoms with Crippen LogP contribution in [0.25, 0.3) is 0 Å². The molecular formula is C21H21N3O5. The molecule has 29 heavy (non-hydrogen) atoms. The first-order valence-corrected chi connectivity index (χ1v) is 9.26. The molecule has 8 heteroatoms. The van der Waals surface area contributed by atoms with E-state index in [1.165, 1.54) is 21.9 Å². The van der Waals surface area contributed by atoms with Crippen LogP contribution in [-0.2, 0) is 4.79 Å². The Kier molecular flexibility index (Phi) is 5.72. The van der Waals surface area contributed by atoms with Crippen LogP contribution < -0.4 is 0 Å². The van der Waals surface area contributed by atoms with Crippen molar-refractivity contribution in [3.05, 3.63) is 75.3 Å². The monoisotopic (exact) mass is 395 g/mol. The van der Waals surface area contributed by atoms with E-state index in [9.17, 15) is 24.5 Å². The molecule has 150 valence electrons. The highest BCUT2D eigenvalue weighted by molar-refractivity contribution is 6.21. The number of nitro groups is 1. The third kappa shape index (κ3) is 4.01. The van der Waals surface area contributed by atoms with Crippen LogP contribution in [0.2, 0.25) is 0 Å². The van der Waals surface area contributed by atoms with Gasteiger partial charge in [0.2, 0.25) is 5.91 Å². The molecule has 2 aromatic carbocycles. The van der Waals surface area contributed by atoms with Crippen molar-refractivity contribution in [2.24, 2.45) is 0 Å². The fourth-order valence-corrected chi connectivity index (χ4v) is 3.34. The van der Waals surface area contributed by atoms with E-state index in [-0.39, 0.29) is 42.4 Å². The summed E-state index contributed by atoms with van der Waals surface area (Å²) in [7, 11) is 1.63. The molecule has 2 aromatic rings. The molecule has 0 fully saturated rings. The zero-order chi connectivity index (χ0) is 21.1. The molecule has 0 saturated heterocycles. The Hall–Kier alpha value is -3.55. The van der Waals surface area contributed by atoms with Crippen molar-refractivity contribution < 1.29 is 19.3 Å². The lowest BCUT2D eigenvalue weighted by Crippen LogP contribution is -2.33. The molecule has 0 unspecified atom stereocenters. The maximum atomic E-state index is 12.5. The van der Waals surface area contributed by atoms with Gasteiger partial charge in [0.05, 0.1) is 22.1 Å². The number of carbonyl (C=O) groups excluding carboxylic acids is 3. The van der Waals surface area contributed by atoms with Crippen LogP contribution in [0.15, 0.2) is 48.5 Å². The van der Waals surface area contributed by atoms with Crippen LogP contribution in [-0.4, -0.2) is 46.0 Å². The molecule has 0 spiro atoms. The lowest BCUT2D eigenvalue weighted by molar-refractivity contribution is -0.384. The van der Waals surface area contributed by atoms with E-state index in [0.717, 1.165) is 0 Å². The van der Waals surface area contributed by atoms with Gasteiger partial charge in [-0.3, -0.25) is 29.4 Å². The molecular weight excluding hydrogens is 374 g/mol. The van der Waals surface area contributed by atoms with Crippen molar-refractivity contribution in [3.63, 3.8) is 0 Å². The Morgan fingerprint density at radius 2 is 1.72 bits per heavy atom. The van der Waals surface area contributed by atoms with Gasteiger partial charge in [-0.2, -0.15) is 0 Å². The number of imide groups is 1. The standard InChI is InChI=1S/C21H21N3O5/c1-14(15-7-5-8-16(13-15)24(28)29)22(2)19(25)11-6-12-23-20(26)17-9-3-4-10-18(17)21(23)27/h3-5,7-10,13-14H,6,11-12H2,1-2H3/t14-/m0/s1. The van der Waals surface area contributed by atoms with Crippen LogP contribution in [0.4, 0.5) is 5.69 Å². The van der Waals surface area contributed by atoms with Gasteiger partial charge in [0, 0.05) is 32.1 Å². The summed E-state index contributed by atoms with van der Waals surface area (Å²) in [6, 6.07) is 12.5. The molecule has 8 nitrogen and oxygen atoms in total. The van der Waals surface area contributed by atoms with E-state index in [0.29, 0.717) is 23.1 Å². The van der Waals surface area contributed by atoms with Crippen molar-refractivity contribution in [1.82, 2.24) is 9.80 Å². The quantitative estimate of drug-likeness (QED) is 0.407. The van der Waals surface area contributed by atoms with E-state index >= 15 is 0 Å². The van der Waals surface area contributed by atoms with Gasteiger partial charge in [-0.1, -0.05) is 24.3 Å². The summed E-state index contributed by atoms with van der Waals surface area (Å²) >= 11 is 0. The summed E-state index contributed by atoms with van der Waals surface area (Å²) in [6.45, 7) is 1.96. The summed E-state index contributed by atoms with van der Waals surface area (Å²) in [5.74, 6) is -0.839. The molecule has 3 amide bonds. The lowest BCUT2D eigenvalue weighted by atomic mass is 10.1. The van der Waals surface area contributed by atoms with Crippen LogP contribution >= 0.6 is 0 Å². The Bertz CT molecular complexity index is 953. The number of amides is 3. The summed E-state index contributed by atoms with van der Waals surface area (Å²) < 4.78 is 0. The first-order valence-electron chi connectivity index (χ1n) is 9.26. The average Bonchev–Trinajstić information content (AvgIpc) is 2.97. The smallest absolute Gasteiger partial charge is 0.269 e. The van der Waals surface area contributed by atoms with Gasteiger partial charge in [-0.05, 0) is 31.0 Å². The van der Waals surface area contributed by atoms with Gasteiger partial charge in [0.25, 0.3) is 17.5 Å². The lowest BCUT2D eigenvalue weighted by Gasteiger charge is -2.25. The maximum absolute atomic E-state index is 12.5. The van der Waals surface area contributed by atoms with Gasteiger partial charge in [0.15, 0.2) is 0 Å². The summed E-state index contributed by atoms with van der Waals surface area (Å²) in [4.78, 5) is 50.4. The largest absolute Gasteiger partial charge is 0.339 e. The number of hydrogen-bond donors (Lipinski definition) is 0. The van der Waals surface area contributed by atoms with E-state index in [4.69, 9.17) is 0 Å². The highest BCUT2D eigenvalue weighted by atomic mass is 16.6. The molecule has 1 atom stereocenters. The number of nitrogens with zero attached hydrogens (tertiary/aromatic N) is 3. The third-order valence-electron chi connectivity index (χ3n) is 5.19. The van der Waals surface area contributed by atoms with Gasteiger partial charge < -0.3 is 4.90 Å². The van der Waals surface area contributed by atoms with Gasteiger partial charge in [-0.25, -0.2) is 0 Å². The number of carbonyl (C=O) groups is 3. The number of non-ortho nitro benzene ring substituents is 1. The topological polar surface area (TPSA) is 101 Å². The van der Waals surface area contributed by atoms with Crippen molar-refractivity contribution in [3.8, 4) is 0 Å². The first-order chi connectivity index (χ1) is 13.8. The zero-order valence-corrected chi connectivity index (χ0v) is 16.2. The molecule has 1 heterocycles. The second-order valence-corrected chi connectivity index (χ2v) is 6.94. The first kappa shape index (κ1) is 20.2. The van der Waals surface area contributed by atoms with Crippen LogP contribution in [0.5, 0.6) is 0 Å². The van der Waals surface area contributed by atoms with Gasteiger partial charge in [0.1, 0.15) is 0 Å². The number of fused-ring (bicyclic) bond motifs is 1. The van der Waals surface area contributed by atoms with Crippen molar-refractivity contribution >= 4 is 23.4 Å². The normalized spacial score (nSPS) is 13.9. The molecule has 0 bridgehead atoms. The van der Waals surface area contributed by atoms with Crippen molar-refractivity contribution in [1.29, 1.82) is 0 Å². The predicted molar refractivity (Wildman–Crippen MR) is 105 cm³/mol. The van der Waals surface area contributed by atoms with Crippen LogP contribution in [0.3, 0.4) is 0 Å². The number of rotatable bonds is 7. The average molecular weight is 395 g/mol. The maximum Gasteiger partial charge on any atom is 0.269 e. The van der Waals surface area contributed by atoms with E-state index in [1.807, 2.05) is 0 Å². The van der Waals surface area contributed by atoms with Gasteiger partial charge >= 0.3 is 0 Å². The summed E-state index contributed by atoms with van der Waals surface area (Å²) in [6.07, 6.45) is 0.499. The Balaban J connectivity index is 1.57. The Morgan fingerprint density at radius 3 is 2.31 bits per heavy atom. The Morgan fingerprint density at radius 1 is 1.10 bits per heavy atom. The molecule has 0 aliphatic carbocycles. The SMILES string of the molecule is C[C@@H](c1cccc([N+](=O)[O-])c1)N(C)C(=O)CCCN1C(=O)c2ccccc2C1=O. The minimum atomic E-state index is -0.472. The van der Waals surface area contributed by atoms with Crippen LogP contribution in [0.1, 0.15) is 52.1 Å². The fraction of sp³-hybridized carbons (Fsp3) is 0.286. The fourth-order valence-electron chi connectivity index (χ4n) is 3.34. The molecule has 0 saturated carbocycles. The molecule has 1 aliphatic heterocycles. The summed E-state index contributed by atoms with van der Waals surface area (Å²) in [5.41, 5.74) is 1.41. The summed E-state index contributed by atoms with van der Waals surface area (Å²) in [5, 5.41) is 10.9. The van der Waals surface area contributed by atoms with E-state index in [1.54, 1.807) is 50.4 Å². The molecule has 0 radical (unpaired) electrons. The minimum absolute atomic E-state index is 0.0270.